The highest BCUT2D eigenvalue weighted by Crippen LogP contribution is 2.24. The number of nitrogens with zero attached hydrogens (tertiary/aromatic N) is 1. The summed E-state index contributed by atoms with van der Waals surface area (Å²) in [7, 11) is -3.95. The number of rotatable bonds is 6. The van der Waals surface area contributed by atoms with E-state index in [9.17, 15) is 18.0 Å². The van der Waals surface area contributed by atoms with Crippen molar-refractivity contribution in [3.63, 3.8) is 0 Å². The van der Waals surface area contributed by atoms with E-state index in [0.717, 1.165) is 9.87 Å². The van der Waals surface area contributed by atoms with Gasteiger partial charge in [0.25, 0.3) is 10.0 Å². The van der Waals surface area contributed by atoms with Gasteiger partial charge in [-0.3, -0.25) is 13.9 Å². The monoisotopic (exact) mass is 346 g/mol. The van der Waals surface area contributed by atoms with Crippen LogP contribution in [-0.2, 0) is 14.8 Å². The maximum Gasteiger partial charge on any atom is 0.264 e. The van der Waals surface area contributed by atoms with Crippen molar-refractivity contribution in [2.24, 2.45) is 5.73 Å². The molecule has 0 bridgehead atoms. The van der Waals surface area contributed by atoms with Gasteiger partial charge in [0.1, 0.15) is 6.54 Å². The summed E-state index contributed by atoms with van der Waals surface area (Å²) in [6.07, 6.45) is 0. The summed E-state index contributed by atoms with van der Waals surface area (Å²) in [5.74, 6) is -0.911. The van der Waals surface area contributed by atoms with Gasteiger partial charge in [-0.05, 0) is 50.2 Å². The van der Waals surface area contributed by atoms with Crippen LogP contribution in [0.3, 0.4) is 0 Å². The van der Waals surface area contributed by atoms with Crippen LogP contribution in [0.25, 0.3) is 0 Å². The number of carbonyl (C=O) groups is 2. The van der Waals surface area contributed by atoms with E-state index < -0.39 is 22.5 Å². The lowest BCUT2D eigenvalue weighted by molar-refractivity contribution is -0.116. The van der Waals surface area contributed by atoms with Gasteiger partial charge in [-0.15, -0.1) is 0 Å². The molecule has 0 atom stereocenters. The molecule has 0 radical (unpaired) electrons. The first-order chi connectivity index (χ1) is 11.2. The Labute approximate surface area is 140 Å². The Morgan fingerprint density at radius 2 is 1.54 bits per heavy atom. The lowest BCUT2D eigenvalue weighted by Gasteiger charge is -2.23. The molecular weight excluding hydrogens is 328 g/mol. The van der Waals surface area contributed by atoms with Crippen LogP contribution in [-0.4, -0.2) is 26.7 Å². The molecule has 0 aromatic heterocycles. The molecule has 1 amide bonds. The van der Waals surface area contributed by atoms with Crippen molar-refractivity contribution in [2.45, 2.75) is 18.7 Å². The van der Waals surface area contributed by atoms with E-state index in [1.165, 1.54) is 43.3 Å². The molecule has 2 rings (SSSR count). The number of nitrogens with two attached hydrogens (primary N) is 1. The molecule has 7 heteroatoms. The SMILES string of the molecule is CC(=O)c1ccc(N(CC(N)=O)S(=O)(=O)c2ccc(C)cc2)cc1. The highest BCUT2D eigenvalue weighted by molar-refractivity contribution is 7.92. The number of Topliss-reactive ketones (excluding diaryl/α,β-unsaturated/α-hetero) is 1. The van der Waals surface area contributed by atoms with E-state index in [-0.39, 0.29) is 16.4 Å². The fourth-order valence-electron chi connectivity index (χ4n) is 2.16. The molecule has 0 heterocycles. The van der Waals surface area contributed by atoms with Crippen molar-refractivity contribution in [3.8, 4) is 0 Å². The van der Waals surface area contributed by atoms with Gasteiger partial charge < -0.3 is 5.73 Å². The number of benzene rings is 2. The van der Waals surface area contributed by atoms with Gasteiger partial charge >= 0.3 is 0 Å². The Morgan fingerprint density at radius 1 is 1.00 bits per heavy atom. The van der Waals surface area contributed by atoms with Crippen LogP contribution in [0.2, 0.25) is 0 Å². The van der Waals surface area contributed by atoms with Gasteiger partial charge in [0, 0.05) is 5.56 Å². The smallest absolute Gasteiger partial charge is 0.264 e. The maximum absolute atomic E-state index is 12.8. The van der Waals surface area contributed by atoms with E-state index in [1.54, 1.807) is 12.1 Å². The minimum absolute atomic E-state index is 0.0602. The van der Waals surface area contributed by atoms with Crippen LogP contribution in [0, 0.1) is 6.92 Å². The topological polar surface area (TPSA) is 97.5 Å². The average molecular weight is 346 g/mol. The Morgan fingerprint density at radius 3 is 2.00 bits per heavy atom. The number of anilines is 1. The maximum atomic E-state index is 12.8. The molecule has 0 saturated carbocycles. The molecule has 6 nitrogen and oxygen atoms in total. The second kappa shape index (κ2) is 6.84. The second-order valence-corrected chi connectivity index (χ2v) is 7.26. The fraction of sp³-hybridized carbons (Fsp3) is 0.176. The van der Waals surface area contributed by atoms with E-state index in [0.29, 0.717) is 5.56 Å². The number of amides is 1. The minimum atomic E-state index is -3.95. The first-order valence-electron chi connectivity index (χ1n) is 7.20. The molecule has 0 unspecified atom stereocenters. The lowest BCUT2D eigenvalue weighted by atomic mass is 10.1. The first-order valence-corrected chi connectivity index (χ1v) is 8.64. The van der Waals surface area contributed by atoms with E-state index in [2.05, 4.69) is 0 Å². The normalized spacial score (nSPS) is 11.1. The molecule has 0 spiro atoms. The third kappa shape index (κ3) is 3.80. The number of ketones is 1. The highest BCUT2D eigenvalue weighted by Gasteiger charge is 2.26. The quantitative estimate of drug-likeness (QED) is 0.808. The van der Waals surface area contributed by atoms with Crippen molar-refractivity contribution in [2.75, 3.05) is 10.8 Å². The van der Waals surface area contributed by atoms with Crippen molar-refractivity contribution >= 4 is 27.4 Å². The van der Waals surface area contributed by atoms with Crippen LogP contribution in [0.1, 0.15) is 22.8 Å². The number of hydrogen-bond donors (Lipinski definition) is 1. The zero-order valence-electron chi connectivity index (χ0n) is 13.4. The Bertz CT molecular complexity index is 856. The molecular formula is C17H18N2O4S. The fourth-order valence-corrected chi connectivity index (χ4v) is 3.59. The van der Waals surface area contributed by atoms with E-state index >= 15 is 0 Å². The van der Waals surface area contributed by atoms with Gasteiger partial charge in [-0.25, -0.2) is 8.42 Å². The van der Waals surface area contributed by atoms with Gasteiger partial charge in [0.15, 0.2) is 5.78 Å². The van der Waals surface area contributed by atoms with Crippen LogP contribution in [0.5, 0.6) is 0 Å². The van der Waals surface area contributed by atoms with Crippen LogP contribution in [0.4, 0.5) is 5.69 Å². The zero-order chi connectivity index (χ0) is 17.9. The van der Waals surface area contributed by atoms with Crippen LogP contribution >= 0.6 is 0 Å². The third-order valence-corrected chi connectivity index (χ3v) is 5.26. The molecule has 24 heavy (non-hydrogen) atoms. The number of aryl methyl sites for hydroxylation is 1. The predicted octanol–water partition coefficient (Wildman–Crippen LogP) is 1.88. The van der Waals surface area contributed by atoms with Gasteiger partial charge in [-0.2, -0.15) is 0 Å². The number of carbonyl (C=O) groups excluding carboxylic acids is 2. The summed E-state index contributed by atoms with van der Waals surface area (Å²) >= 11 is 0. The number of sulfonamides is 1. The predicted molar refractivity (Wildman–Crippen MR) is 91.4 cm³/mol. The van der Waals surface area contributed by atoms with Crippen molar-refractivity contribution in [3.05, 3.63) is 59.7 Å². The van der Waals surface area contributed by atoms with Crippen molar-refractivity contribution in [1.82, 2.24) is 0 Å². The molecule has 0 aliphatic heterocycles. The molecule has 0 aliphatic rings. The Balaban J connectivity index is 2.49. The molecule has 0 saturated heterocycles. The standard InChI is InChI=1S/C17H18N2O4S/c1-12-3-9-16(10-4-12)24(22,23)19(11-17(18)21)15-7-5-14(6-8-15)13(2)20/h3-10H,11H2,1-2H3,(H2,18,21). The summed E-state index contributed by atoms with van der Waals surface area (Å²) < 4.78 is 26.6. The lowest BCUT2D eigenvalue weighted by Crippen LogP contribution is -2.38. The average Bonchev–Trinajstić information content (AvgIpc) is 2.53. The van der Waals surface area contributed by atoms with Gasteiger partial charge in [0.2, 0.25) is 5.91 Å². The Hall–Kier alpha value is -2.67. The van der Waals surface area contributed by atoms with Crippen molar-refractivity contribution in [1.29, 1.82) is 0 Å². The summed E-state index contributed by atoms with van der Waals surface area (Å²) in [6, 6.07) is 12.3. The van der Waals surface area contributed by atoms with Gasteiger partial charge in [-0.1, -0.05) is 17.7 Å². The molecule has 2 aromatic rings. The largest absolute Gasteiger partial charge is 0.368 e. The summed E-state index contributed by atoms with van der Waals surface area (Å²) in [6.45, 7) is 2.77. The molecule has 0 aliphatic carbocycles. The highest BCUT2D eigenvalue weighted by atomic mass is 32.2. The zero-order valence-corrected chi connectivity index (χ0v) is 14.2. The minimum Gasteiger partial charge on any atom is -0.368 e. The molecule has 2 N–H and O–H groups in total. The van der Waals surface area contributed by atoms with Crippen molar-refractivity contribution < 1.29 is 18.0 Å². The molecule has 2 aromatic carbocycles. The second-order valence-electron chi connectivity index (χ2n) is 5.39. The summed E-state index contributed by atoms with van der Waals surface area (Å²) in [4.78, 5) is 22.8. The summed E-state index contributed by atoms with van der Waals surface area (Å²) in [5.41, 5.74) is 6.84. The number of hydrogen-bond acceptors (Lipinski definition) is 4. The molecule has 0 fully saturated rings. The van der Waals surface area contributed by atoms with Gasteiger partial charge in [0.05, 0.1) is 10.6 Å². The van der Waals surface area contributed by atoms with E-state index in [1.807, 2.05) is 6.92 Å². The third-order valence-electron chi connectivity index (χ3n) is 3.47. The summed E-state index contributed by atoms with van der Waals surface area (Å²) in [5, 5.41) is 0. The van der Waals surface area contributed by atoms with Crippen LogP contribution < -0.4 is 10.0 Å². The van der Waals surface area contributed by atoms with Crippen LogP contribution in [0.15, 0.2) is 53.4 Å². The Kier molecular flexibility index (Phi) is 5.04. The first kappa shape index (κ1) is 17.7. The number of primary amides is 1. The van der Waals surface area contributed by atoms with E-state index in [4.69, 9.17) is 5.73 Å². The molecule has 126 valence electrons.